The molecule has 0 radical (unpaired) electrons. The highest BCUT2D eigenvalue weighted by molar-refractivity contribution is 7.99. The van der Waals surface area contributed by atoms with Crippen molar-refractivity contribution >= 4 is 24.2 Å². The molecule has 1 saturated heterocycles. The zero-order valence-corrected chi connectivity index (χ0v) is 17.2. The predicted molar refractivity (Wildman–Crippen MR) is 111 cm³/mol. The first kappa shape index (κ1) is 20.2. The van der Waals surface area contributed by atoms with E-state index in [9.17, 15) is 17.7 Å². The standard InChI is InChI=1S/C22H19F3NOPS/c23-22(24,25)17-7-11-19(12-8-17)29-21-20(4-3-13-26-21)16-5-9-18(10-6-16)28(27)14-1-2-15-28/h3-13H,1-2,14-15H2. The normalized spacial score (nSPS) is 16.1. The Bertz CT molecular complexity index is 1040. The third-order valence-electron chi connectivity index (χ3n) is 5.10. The molecule has 2 nitrogen and oxygen atoms in total. The molecule has 0 unspecified atom stereocenters. The molecule has 1 fully saturated rings. The van der Waals surface area contributed by atoms with E-state index in [1.165, 1.54) is 23.9 Å². The average Bonchev–Trinajstić information content (AvgIpc) is 3.16. The van der Waals surface area contributed by atoms with Gasteiger partial charge < -0.3 is 4.57 Å². The summed E-state index contributed by atoms with van der Waals surface area (Å²) in [6, 6.07) is 16.7. The van der Waals surface area contributed by atoms with Crippen LogP contribution in [0.1, 0.15) is 18.4 Å². The highest BCUT2D eigenvalue weighted by atomic mass is 32.2. The van der Waals surface area contributed by atoms with E-state index in [4.69, 9.17) is 0 Å². The fourth-order valence-corrected chi connectivity index (χ4v) is 7.34. The van der Waals surface area contributed by atoms with Gasteiger partial charge in [-0.25, -0.2) is 4.98 Å². The van der Waals surface area contributed by atoms with Crippen LogP contribution in [0.5, 0.6) is 0 Å². The average molecular weight is 433 g/mol. The largest absolute Gasteiger partial charge is 0.416 e. The fourth-order valence-electron chi connectivity index (χ4n) is 3.53. The van der Waals surface area contributed by atoms with E-state index >= 15 is 0 Å². The van der Waals surface area contributed by atoms with Gasteiger partial charge in [0.15, 0.2) is 0 Å². The van der Waals surface area contributed by atoms with Gasteiger partial charge in [-0.05, 0) is 48.7 Å². The number of rotatable bonds is 4. The number of pyridine rings is 1. The first-order chi connectivity index (χ1) is 13.9. The van der Waals surface area contributed by atoms with Gasteiger partial charge in [0, 0.05) is 34.3 Å². The molecular formula is C22H19F3NOPS. The Morgan fingerprint density at radius 1 is 0.897 bits per heavy atom. The molecule has 0 spiro atoms. The molecule has 0 aliphatic carbocycles. The maximum atomic E-state index is 13.0. The number of benzene rings is 2. The number of hydrogen-bond donors (Lipinski definition) is 0. The van der Waals surface area contributed by atoms with E-state index in [0.717, 1.165) is 53.7 Å². The van der Waals surface area contributed by atoms with Gasteiger partial charge in [0.25, 0.3) is 0 Å². The Balaban J connectivity index is 1.59. The van der Waals surface area contributed by atoms with Crippen molar-refractivity contribution in [1.82, 2.24) is 4.98 Å². The fraction of sp³-hybridized carbons (Fsp3) is 0.227. The molecule has 0 bridgehead atoms. The summed E-state index contributed by atoms with van der Waals surface area (Å²) in [5, 5.41) is 1.65. The number of hydrogen-bond acceptors (Lipinski definition) is 3. The van der Waals surface area contributed by atoms with Crippen molar-refractivity contribution in [3.8, 4) is 11.1 Å². The van der Waals surface area contributed by atoms with Crippen LogP contribution in [0.2, 0.25) is 0 Å². The maximum Gasteiger partial charge on any atom is 0.416 e. The molecule has 2 aromatic carbocycles. The Kier molecular flexibility index (Phi) is 5.58. The predicted octanol–water partition coefficient (Wildman–Crippen LogP) is 6.70. The number of alkyl halides is 3. The highest BCUT2D eigenvalue weighted by Gasteiger charge is 2.30. The van der Waals surface area contributed by atoms with Gasteiger partial charge >= 0.3 is 6.18 Å². The first-order valence-electron chi connectivity index (χ1n) is 9.34. The molecule has 2 heterocycles. The van der Waals surface area contributed by atoms with Gasteiger partial charge in [0.1, 0.15) is 12.2 Å². The molecule has 1 aromatic heterocycles. The number of halogens is 3. The van der Waals surface area contributed by atoms with Gasteiger partial charge in [-0.3, -0.25) is 0 Å². The Hall–Kier alpha value is -2.04. The molecule has 1 aliphatic heterocycles. The monoisotopic (exact) mass is 433 g/mol. The second kappa shape index (κ2) is 8.00. The zero-order valence-electron chi connectivity index (χ0n) is 15.5. The molecule has 4 rings (SSSR count). The van der Waals surface area contributed by atoms with E-state index in [1.54, 1.807) is 6.20 Å². The van der Waals surface area contributed by atoms with Crippen molar-refractivity contribution in [2.45, 2.75) is 28.9 Å². The van der Waals surface area contributed by atoms with Gasteiger partial charge in [0.05, 0.1) is 5.56 Å². The smallest absolute Gasteiger partial charge is 0.319 e. The van der Waals surface area contributed by atoms with Crippen LogP contribution in [-0.4, -0.2) is 17.3 Å². The van der Waals surface area contributed by atoms with Crippen LogP contribution in [0.25, 0.3) is 11.1 Å². The highest BCUT2D eigenvalue weighted by Crippen LogP contribution is 2.51. The van der Waals surface area contributed by atoms with Crippen molar-refractivity contribution < 1.29 is 17.7 Å². The first-order valence-corrected chi connectivity index (χ1v) is 12.2. The van der Waals surface area contributed by atoms with Gasteiger partial charge in [-0.2, -0.15) is 13.2 Å². The van der Waals surface area contributed by atoms with Crippen LogP contribution in [0.15, 0.2) is 76.8 Å². The third kappa shape index (κ3) is 4.44. The van der Waals surface area contributed by atoms with Crippen molar-refractivity contribution in [2.24, 2.45) is 0 Å². The lowest BCUT2D eigenvalue weighted by Gasteiger charge is -2.13. The van der Waals surface area contributed by atoms with Crippen molar-refractivity contribution in [3.05, 3.63) is 72.4 Å². The van der Waals surface area contributed by atoms with Crippen LogP contribution in [0.4, 0.5) is 13.2 Å². The molecule has 1 aliphatic rings. The van der Waals surface area contributed by atoms with E-state index < -0.39 is 18.9 Å². The Labute approximate surface area is 171 Å². The third-order valence-corrected chi connectivity index (χ3v) is 9.45. The molecule has 3 aromatic rings. The molecule has 29 heavy (non-hydrogen) atoms. The van der Waals surface area contributed by atoms with E-state index in [2.05, 4.69) is 4.98 Å². The van der Waals surface area contributed by atoms with Gasteiger partial charge in [-0.1, -0.05) is 42.1 Å². The quantitative estimate of drug-likeness (QED) is 0.429. The minimum atomic E-state index is -4.35. The topological polar surface area (TPSA) is 30.0 Å². The van der Waals surface area contributed by atoms with Crippen LogP contribution in [-0.2, 0) is 10.7 Å². The lowest BCUT2D eigenvalue weighted by atomic mass is 10.1. The minimum Gasteiger partial charge on any atom is -0.319 e. The van der Waals surface area contributed by atoms with Crippen LogP contribution in [0, 0.1) is 0 Å². The summed E-state index contributed by atoms with van der Waals surface area (Å²) >= 11 is 1.32. The summed E-state index contributed by atoms with van der Waals surface area (Å²) in [4.78, 5) is 5.11. The van der Waals surface area contributed by atoms with E-state index in [1.807, 2.05) is 36.4 Å². The molecule has 0 amide bonds. The van der Waals surface area contributed by atoms with Crippen molar-refractivity contribution in [1.29, 1.82) is 0 Å². The molecular weight excluding hydrogens is 414 g/mol. The van der Waals surface area contributed by atoms with Crippen LogP contribution >= 0.6 is 18.9 Å². The van der Waals surface area contributed by atoms with Gasteiger partial charge in [0.2, 0.25) is 0 Å². The van der Waals surface area contributed by atoms with Crippen molar-refractivity contribution in [2.75, 3.05) is 12.3 Å². The van der Waals surface area contributed by atoms with Gasteiger partial charge in [-0.15, -0.1) is 0 Å². The summed E-state index contributed by atoms with van der Waals surface area (Å²) in [5.41, 5.74) is 1.18. The second-order valence-corrected chi connectivity index (χ2v) is 11.3. The molecule has 150 valence electrons. The van der Waals surface area contributed by atoms with Crippen LogP contribution < -0.4 is 5.30 Å². The Morgan fingerprint density at radius 3 is 2.17 bits per heavy atom. The summed E-state index contributed by atoms with van der Waals surface area (Å²) in [6.45, 7) is 0. The lowest BCUT2D eigenvalue weighted by Crippen LogP contribution is -2.05. The zero-order chi connectivity index (χ0) is 20.5. The molecule has 0 N–H and O–H groups in total. The maximum absolute atomic E-state index is 13.0. The Morgan fingerprint density at radius 2 is 1.55 bits per heavy atom. The molecule has 0 atom stereocenters. The molecule has 0 saturated carbocycles. The number of aromatic nitrogens is 1. The van der Waals surface area contributed by atoms with E-state index in [-0.39, 0.29) is 0 Å². The summed E-state index contributed by atoms with van der Waals surface area (Å²) < 4.78 is 51.3. The summed E-state index contributed by atoms with van der Waals surface area (Å²) in [6.07, 6.45) is 0.941. The molecule has 7 heteroatoms. The summed E-state index contributed by atoms with van der Waals surface area (Å²) in [7, 11) is -2.23. The van der Waals surface area contributed by atoms with Crippen LogP contribution in [0.3, 0.4) is 0 Å². The SMILES string of the molecule is O=P1(c2ccc(-c3cccnc3Sc3ccc(C(F)(F)F)cc3)cc2)CCCC1. The minimum absolute atomic E-state index is 0.666. The van der Waals surface area contributed by atoms with Crippen molar-refractivity contribution in [3.63, 3.8) is 0 Å². The number of nitrogens with zero attached hydrogens (tertiary/aromatic N) is 1. The second-order valence-electron chi connectivity index (χ2n) is 7.07. The van der Waals surface area contributed by atoms with E-state index in [0.29, 0.717) is 9.92 Å². The lowest BCUT2D eigenvalue weighted by molar-refractivity contribution is -0.137. The summed E-state index contributed by atoms with van der Waals surface area (Å²) in [5.74, 6) is 0.